The lowest BCUT2D eigenvalue weighted by atomic mass is 10.1. The summed E-state index contributed by atoms with van der Waals surface area (Å²) in [5.41, 5.74) is -1.28. The first kappa shape index (κ1) is 13.0. The molecule has 0 fully saturated rings. The summed E-state index contributed by atoms with van der Waals surface area (Å²) in [5, 5.41) is 0. The summed E-state index contributed by atoms with van der Waals surface area (Å²) in [6.45, 7) is 1.69. The van der Waals surface area contributed by atoms with Crippen molar-refractivity contribution in [1.29, 1.82) is 0 Å². The van der Waals surface area contributed by atoms with E-state index in [2.05, 4.69) is 15.6 Å². The van der Waals surface area contributed by atoms with Crippen LogP contribution >= 0.6 is 0 Å². The van der Waals surface area contributed by atoms with Crippen LogP contribution in [0.25, 0.3) is 0 Å². The standard InChI is InChI=1S/C11H8F3NO2/c1-2-17-10(16)4-3-8-7-15-6-5-9(8)11(12,13)14/h5-7H,2H2,1H3. The fourth-order valence-electron chi connectivity index (χ4n) is 1.03. The molecule has 0 spiro atoms. The van der Waals surface area contributed by atoms with E-state index in [-0.39, 0.29) is 12.2 Å². The average molecular weight is 243 g/mol. The van der Waals surface area contributed by atoms with Gasteiger partial charge < -0.3 is 4.74 Å². The van der Waals surface area contributed by atoms with Crippen LogP contribution in [0.1, 0.15) is 18.1 Å². The van der Waals surface area contributed by atoms with Gasteiger partial charge in [-0.05, 0) is 13.0 Å². The number of aromatic nitrogens is 1. The average Bonchev–Trinajstić information content (AvgIpc) is 2.26. The molecule has 0 saturated carbocycles. The van der Waals surface area contributed by atoms with Crippen molar-refractivity contribution in [2.24, 2.45) is 0 Å². The second kappa shape index (κ2) is 5.34. The highest BCUT2D eigenvalue weighted by molar-refractivity contribution is 5.89. The van der Waals surface area contributed by atoms with Gasteiger partial charge in [0.1, 0.15) is 0 Å². The predicted molar refractivity (Wildman–Crippen MR) is 52.8 cm³/mol. The van der Waals surface area contributed by atoms with E-state index in [1.807, 2.05) is 5.92 Å². The lowest BCUT2D eigenvalue weighted by Gasteiger charge is -2.07. The molecule has 17 heavy (non-hydrogen) atoms. The van der Waals surface area contributed by atoms with Crippen molar-refractivity contribution < 1.29 is 22.7 Å². The number of nitrogens with zero attached hydrogens (tertiary/aromatic N) is 1. The van der Waals surface area contributed by atoms with Gasteiger partial charge in [0.25, 0.3) is 0 Å². The molecule has 0 unspecified atom stereocenters. The summed E-state index contributed by atoms with van der Waals surface area (Å²) < 4.78 is 42.0. The summed E-state index contributed by atoms with van der Waals surface area (Å²) in [6, 6.07) is 0.801. The number of carbonyl (C=O) groups excluding carboxylic acids is 1. The molecule has 0 saturated heterocycles. The Morgan fingerprint density at radius 3 is 2.82 bits per heavy atom. The van der Waals surface area contributed by atoms with Crippen LogP contribution < -0.4 is 0 Å². The van der Waals surface area contributed by atoms with Crippen LogP contribution in [0, 0.1) is 11.8 Å². The van der Waals surface area contributed by atoms with Gasteiger partial charge in [-0.2, -0.15) is 13.2 Å². The highest BCUT2D eigenvalue weighted by Crippen LogP contribution is 2.30. The maximum absolute atomic E-state index is 12.5. The Bertz CT molecular complexity index is 472. The van der Waals surface area contributed by atoms with Gasteiger partial charge in [0, 0.05) is 18.3 Å². The minimum atomic E-state index is -4.53. The number of ether oxygens (including phenoxy) is 1. The molecule has 0 atom stereocenters. The third kappa shape index (κ3) is 3.79. The number of carbonyl (C=O) groups is 1. The van der Waals surface area contributed by atoms with E-state index in [4.69, 9.17) is 0 Å². The topological polar surface area (TPSA) is 39.2 Å². The van der Waals surface area contributed by atoms with E-state index in [1.165, 1.54) is 0 Å². The molecule has 1 heterocycles. The zero-order chi connectivity index (χ0) is 12.9. The van der Waals surface area contributed by atoms with Gasteiger partial charge in [0.15, 0.2) is 0 Å². The molecular formula is C11H8F3NO2. The second-order valence-electron chi connectivity index (χ2n) is 2.89. The van der Waals surface area contributed by atoms with Crippen LogP contribution in [0.4, 0.5) is 13.2 Å². The van der Waals surface area contributed by atoms with E-state index >= 15 is 0 Å². The molecule has 1 aromatic heterocycles. The molecule has 90 valence electrons. The summed E-state index contributed by atoms with van der Waals surface area (Å²) >= 11 is 0. The number of halogens is 3. The Kier molecular flexibility index (Phi) is 4.10. The Morgan fingerprint density at radius 2 is 2.24 bits per heavy atom. The molecule has 0 aliphatic heterocycles. The summed E-state index contributed by atoms with van der Waals surface area (Å²) in [5.74, 6) is 3.19. The number of pyridine rings is 1. The molecule has 6 heteroatoms. The van der Waals surface area contributed by atoms with Gasteiger partial charge in [-0.3, -0.25) is 4.98 Å². The molecule has 3 nitrogen and oxygen atoms in total. The molecule has 0 aliphatic rings. The predicted octanol–water partition coefficient (Wildman–Crippen LogP) is 2.02. The van der Waals surface area contributed by atoms with Gasteiger partial charge in [-0.1, -0.05) is 5.92 Å². The second-order valence-corrected chi connectivity index (χ2v) is 2.89. The lowest BCUT2D eigenvalue weighted by molar-refractivity contribution is -0.138. The first-order chi connectivity index (χ1) is 7.95. The zero-order valence-electron chi connectivity index (χ0n) is 8.84. The van der Waals surface area contributed by atoms with E-state index in [1.54, 1.807) is 6.92 Å². The molecule has 0 aliphatic carbocycles. The van der Waals surface area contributed by atoms with Crippen molar-refractivity contribution in [1.82, 2.24) is 4.98 Å². The first-order valence-corrected chi connectivity index (χ1v) is 4.65. The number of hydrogen-bond donors (Lipinski definition) is 0. The first-order valence-electron chi connectivity index (χ1n) is 4.65. The van der Waals surface area contributed by atoms with Gasteiger partial charge in [0.05, 0.1) is 17.7 Å². The van der Waals surface area contributed by atoms with Crippen molar-refractivity contribution in [2.75, 3.05) is 6.61 Å². The quantitative estimate of drug-likeness (QED) is 0.559. The van der Waals surface area contributed by atoms with Crippen LogP contribution in [0.3, 0.4) is 0 Å². The van der Waals surface area contributed by atoms with Crippen LogP contribution in [-0.4, -0.2) is 17.6 Å². The molecule has 0 radical (unpaired) electrons. The van der Waals surface area contributed by atoms with Crippen molar-refractivity contribution in [2.45, 2.75) is 13.1 Å². The van der Waals surface area contributed by atoms with Crippen molar-refractivity contribution in [3.63, 3.8) is 0 Å². The Balaban J connectivity index is 3.03. The van der Waals surface area contributed by atoms with Crippen LogP contribution in [-0.2, 0) is 15.7 Å². The maximum Gasteiger partial charge on any atom is 0.417 e. The fourth-order valence-corrected chi connectivity index (χ4v) is 1.03. The molecule has 0 amide bonds. The third-order valence-electron chi connectivity index (χ3n) is 1.70. The zero-order valence-corrected chi connectivity index (χ0v) is 8.84. The number of alkyl halides is 3. The summed E-state index contributed by atoms with van der Waals surface area (Å²) in [6.07, 6.45) is -2.56. The largest absolute Gasteiger partial charge is 0.456 e. The highest BCUT2D eigenvalue weighted by atomic mass is 19.4. The molecule has 0 aromatic carbocycles. The minimum absolute atomic E-state index is 0.118. The number of esters is 1. The van der Waals surface area contributed by atoms with Gasteiger partial charge in [0.2, 0.25) is 0 Å². The Hall–Kier alpha value is -2.03. The van der Waals surface area contributed by atoms with Crippen LogP contribution in [0.15, 0.2) is 18.5 Å². The highest BCUT2D eigenvalue weighted by Gasteiger charge is 2.32. The summed E-state index contributed by atoms with van der Waals surface area (Å²) in [7, 11) is 0. The van der Waals surface area contributed by atoms with Gasteiger partial charge in [-0.25, -0.2) is 4.79 Å². The molecule has 1 aromatic rings. The number of rotatable bonds is 1. The monoisotopic (exact) mass is 243 g/mol. The van der Waals surface area contributed by atoms with Crippen molar-refractivity contribution in [3.8, 4) is 11.8 Å². The van der Waals surface area contributed by atoms with Crippen LogP contribution in [0.5, 0.6) is 0 Å². The minimum Gasteiger partial charge on any atom is -0.456 e. The maximum atomic E-state index is 12.5. The normalized spacial score (nSPS) is 10.4. The Labute approximate surface area is 95.6 Å². The number of hydrogen-bond acceptors (Lipinski definition) is 3. The smallest absolute Gasteiger partial charge is 0.417 e. The van der Waals surface area contributed by atoms with Gasteiger partial charge >= 0.3 is 12.1 Å². The van der Waals surface area contributed by atoms with E-state index in [0.717, 1.165) is 18.5 Å². The van der Waals surface area contributed by atoms with E-state index in [0.29, 0.717) is 0 Å². The van der Waals surface area contributed by atoms with Crippen LogP contribution in [0.2, 0.25) is 0 Å². The fraction of sp³-hybridized carbons (Fsp3) is 0.273. The summed E-state index contributed by atoms with van der Waals surface area (Å²) in [4.78, 5) is 14.4. The van der Waals surface area contributed by atoms with Crippen molar-refractivity contribution >= 4 is 5.97 Å². The van der Waals surface area contributed by atoms with E-state index in [9.17, 15) is 18.0 Å². The molecule has 0 bridgehead atoms. The SMILES string of the molecule is CCOC(=O)C#Cc1cnccc1C(F)(F)F. The molecular weight excluding hydrogens is 235 g/mol. The van der Waals surface area contributed by atoms with E-state index < -0.39 is 17.7 Å². The molecule has 1 rings (SSSR count). The van der Waals surface area contributed by atoms with Crippen molar-refractivity contribution in [3.05, 3.63) is 29.6 Å². The third-order valence-corrected chi connectivity index (χ3v) is 1.70. The lowest BCUT2D eigenvalue weighted by Crippen LogP contribution is -2.08. The Morgan fingerprint density at radius 1 is 1.53 bits per heavy atom. The molecule has 0 N–H and O–H groups in total. The van der Waals surface area contributed by atoms with Gasteiger partial charge in [-0.15, -0.1) is 0 Å².